The third-order valence-corrected chi connectivity index (χ3v) is 4.54. The monoisotopic (exact) mass is 328 g/mol. The Morgan fingerprint density at radius 3 is 2.79 bits per heavy atom. The molecule has 0 aromatic carbocycles. The molecule has 0 radical (unpaired) electrons. The quantitative estimate of drug-likeness (QED) is 0.846. The molecule has 6 heteroatoms. The van der Waals surface area contributed by atoms with E-state index in [1.807, 2.05) is 30.2 Å². The fourth-order valence-corrected chi connectivity index (χ4v) is 3.17. The zero-order valence-corrected chi connectivity index (χ0v) is 14.3. The van der Waals surface area contributed by atoms with Crippen LogP contribution in [0.25, 0.3) is 0 Å². The van der Waals surface area contributed by atoms with Crippen LogP contribution in [0.15, 0.2) is 36.9 Å². The average Bonchev–Trinajstić information content (AvgIpc) is 3.02. The number of imidazole rings is 1. The first-order valence-corrected chi connectivity index (χ1v) is 8.47. The summed E-state index contributed by atoms with van der Waals surface area (Å²) in [5.41, 5.74) is 0. The predicted molar refractivity (Wildman–Crippen MR) is 90.8 cm³/mol. The molecule has 6 nitrogen and oxygen atoms in total. The smallest absolute Gasteiger partial charge is 0.224 e. The minimum Gasteiger partial charge on any atom is -0.489 e. The van der Waals surface area contributed by atoms with Crippen molar-refractivity contribution in [3.63, 3.8) is 0 Å². The Morgan fingerprint density at radius 2 is 2.17 bits per heavy atom. The van der Waals surface area contributed by atoms with Gasteiger partial charge < -0.3 is 14.2 Å². The number of rotatable bonds is 5. The highest BCUT2D eigenvalue weighted by Crippen LogP contribution is 2.20. The van der Waals surface area contributed by atoms with E-state index in [0.717, 1.165) is 37.5 Å². The Bertz CT molecular complexity index is 663. The largest absolute Gasteiger partial charge is 0.489 e. The maximum Gasteiger partial charge on any atom is 0.224 e. The van der Waals surface area contributed by atoms with Crippen molar-refractivity contribution in [1.29, 1.82) is 0 Å². The molecule has 1 aliphatic heterocycles. The standard InChI is InChI=1S/C18H24N4O2/c1-14(22-11-8-20-15(22)2)12-18(23)21-9-5-16(6-10-21)24-17-4-3-7-19-13-17/h3-4,7-8,11,13-14,16H,5-6,9-10,12H2,1-2H3/t14-/m0/s1. The number of hydrogen-bond donors (Lipinski definition) is 0. The van der Waals surface area contributed by atoms with Gasteiger partial charge in [0.1, 0.15) is 17.7 Å². The van der Waals surface area contributed by atoms with Crippen molar-refractivity contribution >= 4 is 5.91 Å². The molecule has 0 N–H and O–H groups in total. The molecule has 1 atom stereocenters. The van der Waals surface area contributed by atoms with Gasteiger partial charge in [-0.2, -0.15) is 0 Å². The van der Waals surface area contributed by atoms with Crippen LogP contribution < -0.4 is 4.74 Å². The first-order valence-electron chi connectivity index (χ1n) is 8.47. The van der Waals surface area contributed by atoms with E-state index in [0.29, 0.717) is 6.42 Å². The molecule has 0 aliphatic carbocycles. The van der Waals surface area contributed by atoms with E-state index in [4.69, 9.17) is 4.74 Å². The normalized spacial score (nSPS) is 16.8. The van der Waals surface area contributed by atoms with Crippen LogP contribution in [-0.4, -0.2) is 44.5 Å². The SMILES string of the molecule is Cc1nccn1[C@@H](C)CC(=O)N1CCC(Oc2cccnc2)CC1. The number of aryl methyl sites for hydroxylation is 1. The van der Waals surface area contributed by atoms with Gasteiger partial charge in [0.15, 0.2) is 0 Å². The first-order chi connectivity index (χ1) is 11.6. The maximum absolute atomic E-state index is 12.5. The molecular formula is C18H24N4O2. The summed E-state index contributed by atoms with van der Waals surface area (Å²) >= 11 is 0. The number of piperidine rings is 1. The molecule has 1 fully saturated rings. The number of likely N-dealkylation sites (tertiary alicyclic amines) is 1. The second-order valence-electron chi connectivity index (χ2n) is 6.32. The summed E-state index contributed by atoms with van der Waals surface area (Å²) in [5.74, 6) is 1.95. The highest BCUT2D eigenvalue weighted by Gasteiger charge is 2.25. The number of carbonyl (C=O) groups is 1. The van der Waals surface area contributed by atoms with Gasteiger partial charge in [0.25, 0.3) is 0 Å². The van der Waals surface area contributed by atoms with Crippen molar-refractivity contribution < 1.29 is 9.53 Å². The molecule has 2 aromatic heterocycles. The van der Waals surface area contributed by atoms with Gasteiger partial charge >= 0.3 is 0 Å². The van der Waals surface area contributed by atoms with E-state index in [-0.39, 0.29) is 18.1 Å². The molecule has 24 heavy (non-hydrogen) atoms. The summed E-state index contributed by atoms with van der Waals surface area (Å²) < 4.78 is 7.98. The van der Waals surface area contributed by atoms with E-state index < -0.39 is 0 Å². The van der Waals surface area contributed by atoms with Crippen LogP contribution in [-0.2, 0) is 4.79 Å². The van der Waals surface area contributed by atoms with Gasteiger partial charge in [-0.1, -0.05) is 0 Å². The molecule has 128 valence electrons. The number of ether oxygens (including phenoxy) is 1. The van der Waals surface area contributed by atoms with E-state index in [1.54, 1.807) is 18.6 Å². The lowest BCUT2D eigenvalue weighted by Gasteiger charge is -2.33. The summed E-state index contributed by atoms with van der Waals surface area (Å²) in [5, 5.41) is 0. The summed E-state index contributed by atoms with van der Waals surface area (Å²) in [4.78, 5) is 22.8. The molecular weight excluding hydrogens is 304 g/mol. The number of aromatic nitrogens is 3. The summed E-state index contributed by atoms with van der Waals surface area (Å²) in [6.07, 6.45) is 9.55. The molecule has 1 amide bonds. The van der Waals surface area contributed by atoms with Gasteiger partial charge in [-0.25, -0.2) is 4.98 Å². The van der Waals surface area contributed by atoms with Gasteiger partial charge in [-0.3, -0.25) is 9.78 Å². The highest BCUT2D eigenvalue weighted by atomic mass is 16.5. The highest BCUT2D eigenvalue weighted by molar-refractivity contribution is 5.76. The van der Waals surface area contributed by atoms with Crippen LogP contribution in [0.2, 0.25) is 0 Å². The lowest BCUT2D eigenvalue weighted by molar-refractivity contribution is -0.133. The lowest BCUT2D eigenvalue weighted by atomic mass is 10.1. The maximum atomic E-state index is 12.5. The van der Waals surface area contributed by atoms with Gasteiger partial charge in [-0.05, 0) is 26.0 Å². The predicted octanol–water partition coefficient (Wildman–Crippen LogP) is 2.61. The van der Waals surface area contributed by atoms with E-state index >= 15 is 0 Å². The number of nitrogens with zero attached hydrogens (tertiary/aromatic N) is 4. The first kappa shape index (κ1) is 16.5. The second-order valence-corrected chi connectivity index (χ2v) is 6.32. The number of hydrogen-bond acceptors (Lipinski definition) is 4. The second kappa shape index (κ2) is 7.47. The molecule has 2 aromatic rings. The minimum atomic E-state index is 0.129. The zero-order valence-electron chi connectivity index (χ0n) is 14.3. The molecule has 0 unspecified atom stereocenters. The Labute approximate surface area is 142 Å². The van der Waals surface area contributed by atoms with Crippen molar-refractivity contribution in [3.05, 3.63) is 42.7 Å². The summed E-state index contributed by atoms with van der Waals surface area (Å²) in [6, 6.07) is 3.91. The lowest BCUT2D eigenvalue weighted by Crippen LogP contribution is -2.42. The fourth-order valence-electron chi connectivity index (χ4n) is 3.17. The summed E-state index contributed by atoms with van der Waals surface area (Å²) in [7, 11) is 0. The number of pyridine rings is 1. The van der Waals surface area contributed by atoms with Gasteiger partial charge in [0.05, 0.1) is 6.20 Å². The fraction of sp³-hybridized carbons (Fsp3) is 0.500. The van der Waals surface area contributed by atoms with Crippen LogP contribution in [0, 0.1) is 6.92 Å². The number of carbonyl (C=O) groups excluding carboxylic acids is 1. The Hall–Kier alpha value is -2.37. The molecule has 0 saturated carbocycles. The van der Waals surface area contributed by atoms with Crippen LogP contribution in [0.1, 0.15) is 38.1 Å². The van der Waals surface area contributed by atoms with Crippen molar-refractivity contribution in [3.8, 4) is 5.75 Å². The van der Waals surface area contributed by atoms with Crippen LogP contribution in [0.5, 0.6) is 5.75 Å². The Morgan fingerprint density at radius 1 is 1.38 bits per heavy atom. The van der Waals surface area contributed by atoms with Gasteiger partial charge in [0, 0.05) is 57.0 Å². The van der Waals surface area contributed by atoms with Gasteiger partial charge in [-0.15, -0.1) is 0 Å². The van der Waals surface area contributed by atoms with Crippen molar-refractivity contribution in [2.45, 2.75) is 45.3 Å². The molecule has 3 rings (SSSR count). The third-order valence-electron chi connectivity index (χ3n) is 4.54. The average molecular weight is 328 g/mol. The van der Waals surface area contributed by atoms with Gasteiger partial charge in [0.2, 0.25) is 5.91 Å². The van der Waals surface area contributed by atoms with Crippen LogP contribution in [0.4, 0.5) is 0 Å². The van der Waals surface area contributed by atoms with E-state index in [9.17, 15) is 4.79 Å². The molecule has 0 bridgehead atoms. The zero-order chi connectivity index (χ0) is 16.9. The summed E-state index contributed by atoms with van der Waals surface area (Å²) in [6.45, 7) is 5.52. The van der Waals surface area contributed by atoms with E-state index in [2.05, 4.69) is 21.5 Å². The van der Waals surface area contributed by atoms with Crippen molar-refractivity contribution in [2.75, 3.05) is 13.1 Å². The number of amides is 1. The van der Waals surface area contributed by atoms with Crippen LogP contribution in [0.3, 0.4) is 0 Å². The van der Waals surface area contributed by atoms with Crippen molar-refractivity contribution in [2.24, 2.45) is 0 Å². The molecule has 3 heterocycles. The van der Waals surface area contributed by atoms with E-state index in [1.165, 1.54) is 0 Å². The topological polar surface area (TPSA) is 60.2 Å². The molecule has 0 spiro atoms. The van der Waals surface area contributed by atoms with Crippen molar-refractivity contribution in [1.82, 2.24) is 19.4 Å². The third kappa shape index (κ3) is 3.93. The molecule has 1 aliphatic rings. The Kier molecular flexibility index (Phi) is 5.13. The van der Waals surface area contributed by atoms with Crippen LogP contribution >= 0.6 is 0 Å². The molecule has 1 saturated heterocycles. The Balaban J connectivity index is 1.47. The minimum absolute atomic E-state index is 0.129.